The van der Waals surface area contributed by atoms with Crippen LogP contribution in [-0.2, 0) is 6.42 Å². The molecule has 1 aromatic carbocycles. The minimum absolute atomic E-state index is 0. The monoisotopic (exact) mass is 410 g/mol. The first-order valence-corrected chi connectivity index (χ1v) is 9.79. The topological polar surface area (TPSA) is 81.7 Å². The van der Waals surface area contributed by atoms with Crippen LogP contribution in [0.1, 0.15) is 25.2 Å². The standard InChI is InChI=1S/C21H22N6O.ClH/c1-2-4-18-17(3-1)24-14-27(18)19-7-6-16(13-23-19)21-25-20(28-26-21)8-5-15-9-11-22-12-10-15;/h1-4,6-7,13-15,22H,5,8-12H2;1H. The van der Waals surface area contributed by atoms with Crippen molar-refractivity contribution in [2.45, 2.75) is 25.7 Å². The summed E-state index contributed by atoms with van der Waals surface area (Å²) in [6.45, 7) is 2.23. The van der Waals surface area contributed by atoms with Gasteiger partial charge in [0.1, 0.15) is 12.1 Å². The number of benzene rings is 1. The molecule has 0 bridgehead atoms. The van der Waals surface area contributed by atoms with Crippen LogP contribution in [0.15, 0.2) is 53.4 Å². The zero-order valence-electron chi connectivity index (χ0n) is 16.0. The molecule has 7 nitrogen and oxygen atoms in total. The first-order valence-electron chi connectivity index (χ1n) is 9.79. The highest BCUT2D eigenvalue weighted by Gasteiger charge is 2.16. The van der Waals surface area contributed by atoms with Gasteiger partial charge in [-0.15, -0.1) is 12.4 Å². The molecule has 0 saturated carbocycles. The number of hydrogen-bond acceptors (Lipinski definition) is 6. The molecule has 1 N–H and O–H groups in total. The van der Waals surface area contributed by atoms with Crippen LogP contribution in [0.4, 0.5) is 0 Å². The zero-order valence-corrected chi connectivity index (χ0v) is 16.8. The van der Waals surface area contributed by atoms with E-state index in [0.29, 0.717) is 11.7 Å². The molecule has 1 aliphatic rings. The lowest BCUT2D eigenvalue weighted by atomic mass is 9.93. The Labute approximate surface area is 175 Å². The largest absolute Gasteiger partial charge is 0.339 e. The predicted molar refractivity (Wildman–Crippen MR) is 113 cm³/mol. The number of nitrogens with one attached hydrogen (secondary N) is 1. The van der Waals surface area contributed by atoms with Gasteiger partial charge in [0.25, 0.3) is 0 Å². The van der Waals surface area contributed by atoms with E-state index in [1.807, 2.05) is 41.0 Å². The minimum Gasteiger partial charge on any atom is -0.339 e. The van der Waals surface area contributed by atoms with Gasteiger partial charge in [0.2, 0.25) is 11.7 Å². The van der Waals surface area contributed by atoms with E-state index in [1.54, 1.807) is 12.5 Å². The molecule has 3 aromatic heterocycles. The van der Waals surface area contributed by atoms with Crippen molar-refractivity contribution in [2.75, 3.05) is 13.1 Å². The van der Waals surface area contributed by atoms with Crippen molar-refractivity contribution in [3.8, 4) is 17.2 Å². The Balaban J connectivity index is 0.00000205. The number of halogens is 1. The molecule has 1 fully saturated rings. The summed E-state index contributed by atoms with van der Waals surface area (Å²) in [6, 6.07) is 11.9. The zero-order chi connectivity index (χ0) is 18.8. The molecule has 4 aromatic rings. The number of para-hydroxylation sites is 2. The second-order valence-corrected chi connectivity index (χ2v) is 7.25. The van der Waals surface area contributed by atoms with Gasteiger partial charge in [0.15, 0.2) is 0 Å². The highest BCUT2D eigenvalue weighted by molar-refractivity contribution is 5.85. The van der Waals surface area contributed by atoms with E-state index in [4.69, 9.17) is 4.52 Å². The fraction of sp³-hybridized carbons (Fsp3) is 0.333. The van der Waals surface area contributed by atoms with Gasteiger partial charge in [0, 0.05) is 18.2 Å². The van der Waals surface area contributed by atoms with Gasteiger partial charge < -0.3 is 9.84 Å². The van der Waals surface area contributed by atoms with Crippen LogP contribution in [-0.4, -0.2) is 37.8 Å². The van der Waals surface area contributed by atoms with Crippen LogP contribution < -0.4 is 5.32 Å². The second kappa shape index (κ2) is 8.71. The summed E-state index contributed by atoms with van der Waals surface area (Å²) in [7, 11) is 0. The Morgan fingerprint density at radius 2 is 1.93 bits per heavy atom. The highest BCUT2D eigenvalue weighted by Crippen LogP contribution is 2.22. The van der Waals surface area contributed by atoms with E-state index in [1.165, 1.54) is 12.8 Å². The smallest absolute Gasteiger partial charge is 0.226 e. The van der Waals surface area contributed by atoms with E-state index in [0.717, 1.165) is 54.3 Å². The van der Waals surface area contributed by atoms with Crippen molar-refractivity contribution < 1.29 is 4.52 Å². The number of pyridine rings is 1. The molecule has 5 rings (SSSR count). The van der Waals surface area contributed by atoms with Crippen molar-refractivity contribution in [2.24, 2.45) is 5.92 Å². The van der Waals surface area contributed by atoms with E-state index >= 15 is 0 Å². The van der Waals surface area contributed by atoms with Crippen molar-refractivity contribution in [3.63, 3.8) is 0 Å². The first kappa shape index (κ1) is 19.5. The second-order valence-electron chi connectivity index (χ2n) is 7.25. The number of fused-ring (bicyclic) bond motifs is 1. The average molecular weight is 411 g/mol. The number of rotatable bonds is 5. The van der Waals surface area contributed by atoms with Gasteiger partial charge in [-0.25, -0.2) is 9.97 Å². The number of piperidine rings is 1. The van der Waals surface area contributed by atoms with Crippen molar-refractivity contribution in [3.05, 3.63) is 54.8 Å². The summed E-state index contributed by atoms with van der Waals surface area (Å²) in [5.74, 6) is 2.86. The van der Waals surface area contributed by atoms with E-state index in [-0.39, 0.29) is 12.4 Å². The van der Waals surface area contributed by atoms with Crippen LogP contribution in [0, 0.1) is 5.92 Å². The Kier molecular flexibility index (Phi) is 5.87. The normalized spacial score (nSPS) is 14.8. The quantitative estimate of drug-likeness (QED) is 0.538. The van der Waals surface area contributed by atoms with Gasteiger partial charge in [-0.2, -0.15) is 4.98 Å². The van der Waals surface area contributed by atoms with Gasteiger partial charge in [0.05, 0.1) is 11.0 Å². The maximum absolute atomic E-state index is 5.45. The molecule has 0 atom stereocenters. The maximum Gasteiger partial charge on any atom is 0.226 e. The molecule has 4 heterocycles. The average Bonchev–Trinajstić information content (AvgIpc) is 3.40. The molecule has 0 amide bonds. The van der Waals surface area contributed by atoms with Crippen molar-refractivity contribution >= 4 is 23.4 Å². The fourth-order valence-corrected chi connectivity index (χ4v) is 3.77. The third kappa shape index (κ3) is 4.16. The van der Waals surface area contributed by atoms with Gasteiger partial charge in [-0.1, -0.05) is 17.3 Å². The van der Waals surface area contributed by atoms with Crippen molar-refractivity contribution in [1.82, 2.24) is 30.0 Å². The summed E-state index contributed by atoms with van der Waals surface area (Å²) in [5, 5.41) is 7.53. The lowest BCUT2D eigenvalue weighted by Crippen LogP contribution is -2.27. The number of aromatic nitrogens is 5. The molecule has 150 valence electrons. The molecule has 1 saturated heterocycles. The number of imidazole rings is 1. The van der Waals surface area contributed by atoms with Crippen LogP contribution in [0.3, 0.4) is 0 Å². The fourth-order valence-electron chi connectivity index (χ4n) is 3.77. The van der Waals surface area contributed by atoms with E-state index in [9.17, 15) is 0 Å². The van der Waals surface area contributed by atoms with Crippen LogP contribution in [0.5, 0.6) is 0 Å². The SMILES string of the molecule is Cl.c1ccc2c(c1)ncn2-c1ccc(-c2noc(CCC3CCNCC3)n2)cn1. The summed E-state index contributed by atoms with van der Waals surface area (Å²) in [4.78, 5) is 13.5. The highest BCUT2D eigenvalue weighted by atomic mass is 35.5. The molecular weight excluding hydrogens is 388 g/mol. The summed E-state index contributed by atoms with van der Waals surface area (Å²) < 4.78 is 7.42. The molecule has 1 aliphatic heterocycles. The van der Waals surface area contributed by atoms with E-state index in [2.05, 4.69) is 25.4 Å². The predicted octanol–water partition coefficient (Wildman–Crippen LogP) is 3.82. The maximum atomic E-state index is 5.45. The third-order valence-corrected chi connectivity index (χ3v) is 5.40. The summed E-state index contributed by atoms with van der Waals surface area (Å²) in [5.41, 5.74) is 2.83. The molecule has 0 radical (unpaired) electrons. The van der Waals surface area contributed by atoms with Crippen LogP contribution >= 0.6 is 12.4 Å². The molecular formula is C21H23ClN6O. The van der Waals surface area contributed by atoms with Gasteiger partial charge >= 0.3 is 0 Å². The lowest BCUT2D eigenvalue weighted by Gasteiger charge is -2.21. The molecule has 29 heavy (non-hydrogen) atoms. The van der Waals surface area contributed by atoms with Gasteiger partial charge in [-0.3, -0.25) is 4.57 Å². The summed E-state index contributed by atoms with van der Waals surface area (Å²) in [6.07, 6.45) is 7.98. The Bertz CT molecular complexity index is 1070. The third-order valence-electron chi connectivity index (χ3n) is 5.40. The van der Waals surface area contributed by atoms with E-state index < -0.39 is 0 Å². The lowest BCUT2D eigenvalue weighted by molar-refractivity contribution is 0.324. The molecule has 0 spiro atoms. The minimum atomic E-state index is 0. The Morgan fingerprint density at radius 1 is 1.07 bits per heavy atom. The number of hydrogen-bond donors (Lipinski definition) is 1. The Morgan fingerprint density at radius 3 is 2.76 bits per heavy atom. The molecule has 8 heteroatoms. The number of aryl methyl sites for hydroxylation is 1. The van der Waals surface area contributed by atoms with Crippen molar-refractivity contribution in [1.29, 1.82) is 0 Å². The summed E-state index contributed by atoms with van der Waals surface area (Å²) >= 11 is 0. The first-order chi connectivity index (χ1) is 13.9. The van der Waals surface area contributed by atoms with Crippen LogP contribution in [0.25, 0.3) is 28.2 Å². The Hall–Kier alpha value is -2.77. The molecule has 0 unspecified atom stereocenters. The van der Waals surface area contributed by atoms with Crippen LogP contribution in [0.2, 0.25) is 0 Å². The number of nitrogens with zero attached hydrogens (tertiary/aromatic N) is 5. The molecule has 0 aliphatic carbocycles. The van der Waals surface area contributed by atoms with Gasteiger partial charge in [-0.05, 0) is 62.5 Å².